The number of oxazole rings is 1. The summed E-state index contributed by atoms with van der Waals surface area (Å²) in [7, 11) is 0. The van der Waals surface area contributed by atoms with E-state index in [1.165, 1.54) is 6.42 Å². The monoisotopic (exact) mass is 222 g/mol. The Balaban J connectivity index is 2.39. The van der Waals surface area contributed by atoms with Gasteiger partial charge >= 0.3 is 0 Å². The summed E-state index contributed by atoms with van der Waals surface area (Å²) in [6.07, 6.45) is 2.76. The van der Waals surface area contributed by atoms with Gasteiger partial charge in [-0.3, -0.25) is 4.90 Å². The smallest absolute Gasteiger partial charge is 0.181 e. The van der Waals surface area contributed by atoms with Crippen molar-refractivity contribution in [3.8, 4) is 0 Å². The number of hydrogen-bond acceptors (Lipinski definition) is 3. The molecule has 3 unspecified atom stereocenters. The molecule has 0 radical (unpaired) electrons. The average molecular weight is 222 g/mol. The molecule has 2 rings (SSSR count). The molecule has 1 aromatic rings. The Hall–Kier alpha value is -0.830. The summed E-state index contributed by atoms with van der Waals surface area (Å²) in [6.45, 7) is 11.3. The molecule has 0 aromatic carbocycles. The number of aromatic nitrogens is 1. The highest BCUT2D eigenvalue weighted by Gasteiger charge is 2.43. The van der Waals surface area contributed by atoms with E-state index in [4.69, 9.17) is 4.42 Å². The fraction of sp³-hybridized carbons (Fsp3) is 0.769. The topological polar surface area (TPSA) is 29.3 Å². The van der Waals surface area contributed by atoms with Gasteiger partial charge in [0.05, 0.1) is 12.1 Å². The number of rotatable bonds is 3. The van der Waals surface area contributed by atoms with Crippen LogP contribution in [0.1, 0.15) is 64.6 Å². The summed E-state index contributed by atoms with van der Waals surface area (Å²) in [5, 5.41) is 0. The van der Waals surface area contributed by atoms with Crippen molar-refractivity contribution in [1.82, 2.24) is 9.88 Å². The first-order valence-corrected chi connectivity index (χ1v) is 6.28. The van der Waals surface area contributed by atoms with Crippen LogP contribution in [-0.2, 0) is 0 Å². The molecule has 0 bridgehead atoms. The first kappa shape index (κ1) is 11.6. The van der Waals surface area contributed by atoms with Crippen LogP contribution in [0, 0.1) is 5.92 Å². The van der Waals surface area contributed by atoms with Gasteiger partial charge in [-0.25, -0.2) is 4.98 Å². The predicted molar refractivity (Wildman–Crippen MR) is 64.1 cm³/mol. The predicted octanol–water partition coefficient (Wildman–Crippen LogP) is 3.55. The van der Waals surface area contributed by atoms with Gasteiger partial charge in [0.1, 0.15) is 11.5 Å². The maximum absolute atomic E-state index is 5.61. The zero-order chi connectivity index (χ0) is 11.9. The minimum absolute atomic E-state index is 0.382. The Morgan fingerprint density at radius 1 is 1.44 bits per heavy atom. The van der Waals surface area contributed by atoms with Gasteiger partial charge < -0.3 is 4.42 Å². The van der Waals surface area contributed by atoms with E-state index in [2.05, 4.69) is 44.5 Å². The van der Waals surface area contributed by atoms with Crippen molar-refractivity contribution in [3.63, 3.8) is 0 Å². The van der Waals surface area contributed by atoms with E-state index < -0.39 is 0 Å². The van der Waals surface area contributed by atoms with Crippen LogP contribution in [-0.4, -0.2) is 15.9 Å². The van der Waals surface area contributed by atoms with Gasteiger partial charge in [-0.15, -0.1) is 0 Å². The Morgan fingerprint density at radius 2 is 2.12 bits per heavy atom. The zero-order valence-corrected chi connectivity index (χ0v) is 10.9. The van der Waals surface area contributed by atoms with E-state index >= 15 is 0 Å². The summed E-state index contributed by atoms with van der Waals surface area (Å²) in [6, 6.07) is 1.31. The lowest BCUT2D eigenvalue weighted by atomic mass is 9.96. The Bertz CT molecular complexity index is 359. The minimum atomic E-state index is 0.382. The lowest BCUT2D eigenvalue weighted by Crippen LogP contribution is -2.34. The molecule has 0 fully saturated rings. The number of fused-ring (bicyclic) bond motifs is 1. The molecule has 1 aromatic heterocycles. The van der Waals surface area contributed by atoms with E-state index in [0.29, 0.717) is 24.0 Å². The SMILES string of the molecule is CCC(C)C1c2ocnc2C(C)N1C(C)C. The molecule has 0 amide bonds. The van der Waals surface area contributed by atoms with Crippen LogP contribution in [0.4, 0.5) is 0 Å². The third-order valence-corrected chi connectivity index (χ3v) is 3.84. The molecule has 2 heterocycles. The normalized spacial score (nSPS) is 27.4. The number of hydrogen-bond donors (Lipinski definition) is 0. The van der Waals surface area contributed by atoms with Gasteiger partial charge in [-0.05, 0) is 26.7 Å². The van der Waals surface area contributed by atoms with Crippen molar-refractivity contribution in [3.05, 3.63) is 17.8 Å². The molecule has 0 aliphatic carbocycles. The molecule has 90 valence electrons. The third kappa shape index (κ3) is 1.58. The zero-order valence-electron chi connectivity index (χ0n) is 10.9. The minimum Gasteiger partial charge on any atom is -0.446 e. The molecule has 3 atom stereocenters. The maximum Gasteiger partial charge on any atom is 0.181 e. The van der Waals surface area contributed by atoms with Gasteiger partial charge in [-0.2, -0.15) is 0 Å². The summed E-state index contributed by atoms with van der Waals surface area (Å²) in [4.78, 5) is 6.89. The molecular formula is C13H22N2O. The van der Waals surface area contributed by atoms with Crippen LogP contribution in [0.15, 0.2) is 10.8 Å². The highest BCUT2D eigenvalue weighted by molar-refractivity contribution is 5.24. The fourth-order valence-electron chi connectivity index (χ4n) is 2.86. The van der Waals surface area contributed by atoms with Crippen LogP contribution in [0.3, 0.4) is 0 Å². The highest BCUT2D eigenvalue weighted by Crippen LogP contribution is 2.46. The van der Waals surface area contributed by atoms with E-state index in [1.54, 1.807) is 6.39 Å². The summed E-state index contributed by atoms with van der Waals surface area (Å²) >= 11 is 0. The van der Waals surface area contributed by atoms with Crippen molar-refractivity contribution < 1.29 is 4.42 Å². The van der Waals surface area contributed by atoms with E-state index in [1.807, 2.05) is 0 Å². The van der Waals surface area contributed by atoms with Gasteiger partial charge in [0.25, 0.3) is 0 Å². The maximum atomic E-state index is 5.61. The lowest BCUT2D eigenvalue weighted by Gasteiger charge is -2.34. The fourth-order valence-corrected chi connectivity index (χ4v) is 2.86. The summed E-state index contributed by atoms with van der Waals surface area (Å²) in [5.41, 5.74) is 1.14. The molecule has 1 aliphatic rings. The first-order chi connectivity index (χ1) is 7.57. The second kappa shape index (κ2) is 4.21. The van der Waals surface area contributed by atoms with Crippen LogP contribution in [0.5, 0.6) is 0 Å². The first-order valence-electron chi connectivity index (χ1n) is 6.28. The Kier molecular flexibility index (Phi) is 3.06. The Labute approximate surface area is 97.8 Å². The van der Waals surface area contributed by atoms with Gasteiger partial charge in [0, 0.05) is 6.04 Å². The highest BCUT2D eigenvalue weighted by atomic mass is 16.3. The molecule has 3 heteroatoms. The molecule has 0 N–H and O–H groups in total. The average Bonchev–Trinajstić information content (AvgIpc) is 2.79. The van der Waals surface area contributed by atoms with Gasteiger partial charge in [-0.1, -0.05) is 20.3 Å². The Morgan fingerprint density at radius 3 is 2.69 bits per heavy atom. The molecule has 3 nitrogen and oxygen atoms in total. The van der Waals surface area contributed by atoms with E-state index in [0.717, 1.165) is 11.5 Å². The van der Waals surface area contributed by atoms with Crippen molar-refractivity contribution in [2.24, 2.45) is 5.92 Å². The molecule has 0 saturated carbocycles. The molecule has 0 spiro atoms. The number of nitrogens with zero attached hydrogens (tertiary/aromatic N) is 2. The molecular weight excluding hydrogens is 200 g/mol. The van der Waals surface area contributed by atoms with Crippen molar-refractivity contribution in [2.75, 3.05) is 0 Å². The van der Waals surface area contributed by atoms with Crippen LogP contribution in [0.25, 0.3) is 0 Å². The second-order valence-corrected chi connectivity index (χ2v) is 5.15. The second-order valence-electron chi connectivity index (χ2n) is 5.15. The van der Waals surface area contributed by atoms with Gasteiger partial charge in [0.2, 0.25) is 0 Å². The summed E-state index contributed by atoms with van der Waals surface area (Å²) in [5.74, 6) is 1.70. The quantitative estimate of drug-likeness (QED) is 0.783. The van der Waals surface area contributed by atoms with Crippen LogP contribution in [0.2, 0.25) is 0 Å². The molecule has 0 saturated heterocycles. The van der Waals surface area contributed by atoms with Crippen molar-refractivity contribution in [2.45, 2.75) is 59.2 Å². The van der Waals surface area contributed by atoms with Gasteiger partial charge in [0.15, 0.2) is 6.39 Å². The molecule has 1 aliphatic heterocycles. The van der Waals surface area contributed by atoms with Crippen LogP contribution >= 0.6 is 0 Å². The van der Waals surface area contributed by atoms with E-state index in [9.17, 15) is 0 Å². The largest absolute Gasteiger partial charge is 0.446 e. The van der Waals surface area contributed by atoms with Crippen LogP contribution < -0.4 is 0 Å². The lowest BCUT2D eigenvalue weighted by molar-refractivity contribution is 0.0792. The van der Waals surface area contributed by atoms with Crippen molar-refractivity contribution >= 4 is 0 Å². The molecule has 16 heavy (non-hydrogen) atoms. The summed E-state index contributed by atoms with van der Waals surface area (Å²) < 4.78 is 5.61. The third-order valence-electron chi connectivity index (χ3n) is 3.84. The van der Waals surface area contributed by atoms with Crippen molar-refractivity contribution in [1.29, 1.82) is 0 Å². The van der Waals surface area contributed by atoms with E-state index in [-0.39, 0.29) is 0 Å². The standard InChI is InChI=1S/C13H22N2O/c1-6-9(4)12-13-11(14-7-16-13)10(5)15(12)8(2)3/h7-10,12H,6H2,1-5H3.